The number of fused-ring (bicyclic) bond motifs is 6. The molecule has 292 valence electrons. The van der Waals surface area contributed by atoms with Gasteiger partial charge >= 0.3 is 30.3 Å². The number of halogens is 7. The van der Waals surface area contributed by atoms with Gasteiger partial charge in [-0.15, -0.1) is 0 Å². The minimum Gasteiger partial charge on any atom is -0.475 e. The molecule has 4 aromatic rings. The van der Waals surface area contributed by atoms with Gasteiger partial charge in [-0.25, -0.2) is 19.4 Å². The van der Waals surface area contributed by atoms with Crippen molar-refractivity contribution in [2.45, 2.75) is 38.0 Å². The van der Waals surface area contributed by atoms with Crippen LogP contribution < -0.4 is 21.3 Å². The molecule has 2 aromatic carbocycles. The number of anilines is 6. The molecule has 0 aliphatic carbocycles. The normalized spacial score (nSPS) is 14.7. The van der Waals surface area contributed by atoms with Gasteiger partial charge in [0.1, 0.15) is 5.02 Å². The zero-order valence-corrected chi connectivity index (χ0v) is 29.0. The average molecular weight is 797 g/mol. The number of carbonyl (C=O) groups is 4. The predicted octanol–water partition coefficient (Wildman–Crippen LogP) is 7.26. The minimum absolute atomic E-state index is 0.0726. The second kappa shape index (κ2) is 18.2. The SMILES string of the molecule is O=C(C[C@@H]1CCN(C(=O)Nc2ccccc2)C1)Nc1ccc2cc1CCc1cncc(c1)Nc1ncc(Cl)c(n1)N2.O=C(O)C(F)(F)F.O=C(O)C(F)(F)F. The van der Waals surface area contributed by atoms with E-state index in [-0.39, 0.29) is 17.9 Å². The topological polar surface area (TPSA) is 199 Å². The van der Waals surface area contributed by atoms with Crippen LogP contribution in [0.2, 0.25) is 5.02 Å². The number of urea groups is 1. The summed E-state index contributed by atoms with van der Waals surface area (Å²) in [5.41, 5.74) is 5.10. The monoisotopic (exact) mass is 796 g/mol. The van der Waals surface area contributed by atoms with Crippen LogP contribution in [0.4, 0.5) is 65.7 Å². The summed E-state index contributed by atoms with van der Waals surface area (Å²) in [4.78, 5) is 58.5. The highest BCUT2D eigenvalue weighted by Gasteiger charge is 2.39. The maximum Gasteiger partial charge on any atom is 0.490 e. The number of hydrogen-bond donors (Lipinski definition) is 6. The van der Waals surface area contributed by atoms with Gasteiger partial charge in [-0.1, -0.05) is 29.8 Å². The van der Waals surface area contributed by atoms with Crippen LogP contribution >= 0.6 is 11.6 Å². The summed E-state index contributed by atoms with van der Waals surface area (Å²) in [6.07, 6.45) is -2.54. The molecule has 6 rings (SSSR count). The molecule has 1 fully saturated rings. The summed E-state index contributed by atoms with van der Waals surface area (Å²) in [5, 5.41) is 27.1. The molecular formula is C34H31ClF6N8O6. The predicted molar refractivity (Wildman–Crippen MR) is 187 cm³/mol. The highest BCUT2D eigenvalue weighted by Crippen LogP contribution is 2.30. The maximum atomic E-state index is 13.1. The van der Waals surface area contributed by atoms with Crippen molar-refractivity contribution in [2.24, 2.45) is 5.92 Å². The van der Waals surface area contributed by atoms with Crippen LogP contribution in [-0.4, -0.2) is 79.4 Å². The van der Waals surface area contributed by atoms with Crippen molar-refractivity contribution in [3.05, 3.63) is 89.3 Å². The Labute approximate surface area is 312 Å². The zero-order valence-electron chi connectivity index (χ0n) is 28.2. The molecule has 2 aliphatic rings. The van der Waals surface area contributed by atoms with E-state index in [1.54, 1.807) is 17.3 Å². The molecule has 6 bridgehead atoms. The number of hydrogen-bond acceptors (Lipinski definition) is 9. The molecule has 1 atom stereocenters. The first-order chi connectivity index (χ1) is 25.9. The lowest BCUT2D eigenvalue weighted by molar-refractivity contribution is -0.193. The van der Waals surface area contributed by atoms with E-state index in [1.807, 2.05) is 60.8 Å². The third kappa shape index (κ3) is 13.0. The summed E-state index contributed by atoms with van der Waals surface area (Å²) >= 11 is 6.37. The highest BCUT2D eigenvalue weighted by molar-refractivity contribution is 6.32. The Bertz CT molecular complexity index is 1980. The Morgan fingerprint density at radius 3 is 2.18 bits per heavy atom. The molecule has 1 saturated heterocycles. The van der Waals surface area contributed by atoms with Crippen LogP contribution in [0.1, 0.15) is 24.0 Å². The molecule has 3 amide bonds. The molecule has 4 heterocycles. The quantitative estimate of drug-likeness (QED) is 0.114. The third-order valence-electron chi connectivity index (χ3n) is 7.68. The molecule has 0 unspecified atom stereocenters. The number of nitrogens with one attached hydrogen (secondary N) is 4. The van der Waals surface area contributed by atoms with E-state index >= 15 is 0 Å². The fourth-order valence-corrected chi connectivity index (χ4v) is 5.26. The molecule has 2 aliphatic heterocycles. The Morgan fingerprint density at radius 2 is 1.53 bits per heavy atom. The Kier molecular flexibility index (Phi) is 13.8. The first-order valence-corrected chi connectivity index (χ1v) is 16.4. The number of rotatable bonds is 4. The first-order valence-electron chi connectivity index (χ1n) is 16.0. The number of pyridine rings is 1. The summed E-state index contributed by atoms with van der Waals surface area (Å²) in [5.74, 6) is -4.62. The number of benzene rings is 2. The van der Waals surface area contributed by atoms with Crippen molar-refractivity contribution in [3.8, 4) is 0 Å². The van der Waals surface area contributed by atoms with Crippen molar-refractivity contribution in [3.63, 3.8) is 0 Å². The van der Waals surface area contributed by atoms with E-state index in [9.17, 15) is 35.9 Å². The van der Waals surface area contributed by atoms with E-state index in [4.69, 9.17) is 31.4 Å². The smallest absolute Gasteiger partial charge is 0.475 e. The van der Waals surface area contributed by atoms with Crippen molar-refractivity contribution in [1.29, 1.82) is 0 Å². The van der Waals surface area contributed by atoms with Crippen molar-refractivity contribution in [2.75, 3.05) is 34.4 Å². The lowest BCUT2D eigenvalue weighted by Crippen LogP contribution is -2.33. The minimum atomic E-state index is -5.08. The van der Waals surface area contributed by atoms with Crippen LogP contribution in [0, 0.1) is 5.92 Å². The Balaban J connectivity index is 0.000000410. The maximum absolute atomic E-state index is 13.1. The van der Waals surface area contributed by atoms with Crippen LogP contribution in [-0.2, 0) is 27.2 Å². The summed E-state index contributed by atoms with van der Waals surface area (Å²) in [7, 11) is 0. The van der Waals surface area contributed by atoms with E-state index in [2.05, 4.69) is 36.2 Å². The van der Waals surface area contributed by atoms with Crippen LogP contribution in [0.3, 0.4) is 0 Å². The van der Waals surface area contributed by atoms with Gasteiger partial charge in [-0.2, -0.15) is 31.3 Å². The van der Waals surface area contributed by atoms with Gasteiger partial charge < -0.3 is 36.4 Å². The fourth-order valence-electron chi connectivity index (χ4n) is 5.12. The molecule has 21 heteroatoms. The molecule has 0 spiro atoms. The van der Waals surface area contributed by atoms with Crippen molar-refractivity contribution < 1.29 is 55.7 Å². The van der Waals surface area contributed by atoms with E-state index in [0.717, 1.165) is 46.7 Å². The lowest BCUT2D eigenvalue weighted by Gasteiger charge is -2.18. The van der Waals surface area contributed by atoms with Gasteiger partial charge in [-0.3, -0.25) is 9.78 Å². The largest absolute Gasteiger partial charge is 0.490 e. The van der Waals surface area contributed by atoms with Crippen LogP contribution in [0.5, 0.6) is 0 Å². The van der Waals surface area contributed by atoms with E-state index in [1.165, 1.54) is 0 Å². The molecular weight excluding hydrogens is 766 g/mol. The second-order valence-electron chi connectivity index (χ2n) is 11.8. The third-order valence-corrected chi connectivity index (χ3v) is 7.95. The van der Waals surface area contributed by atoms with Gasteiger partial charge in [0, 0.05) is 42.8 Å². The second-order valence-corrected chi connectivity index (χ2v) is 12.3. The number of aliphatic carboxylic acids is 2. The van der Waals surface area contributed by atoms with Crippen molar-refractivity contribution >= 4 is 70.0 Å². The van der Waals surface area contributed by atoms with E-state index in [0.29, 0.717) is 42.7 Å². The van der Waals surface area contributed by atoms with Gasteiger partial charge in [-0.05, 0) is 72.7 Å². The summed E-state index contributed by atoms with van der Waals surface area (Å²) in [6, 6.07) is 17.0. The number of likely N-dealkylation sites (tertiary alicyclic amines) is 1. The number of carbonyl (C=O) groups excluding carboxylic acids is 2. The number of para-hydroxylation sites is 1. The molecule has 0 saturated carbocycles. The summed E-state index contributed by atoms with van der Waals surface area (Å²) < 4.78 is 63.5. The van der Waals surface area contributed by atoms with Gasteiger partial charge in [0.2, 0.25) is 11.9 Å². The van der Waals surface area contributed by atoms with Gasteiger partial charge in [0.15, 0.2) is 5.82 Å². The number of aromatic nitrogens is 3. The Morgan fingerprint density at radius 1 is 0.855 bits per heavy atom. The molecule has 2 aromatic heterocycles. The zero-order chi connectivity index (χ0) is 40.3. The van der Waals surface area contributed by atoms with Gasteiger partial charge in [0.25, 0.3) is 0 Å². The Hall–Kier alpha value is -6.18. The van der Waals surface area contributed by atoms with Crippen LogP contribution in [0.15, 0.2) is 73.2 Å². The first kappa shape index (κ1) is 41.6. The summed E-state index contributed by atoms with van der Waals surface area (Å²) in [6.45, 7) is 1.17. The molecule has 6 N–H and O–H groups in total. The number of carboxylic acid groups (broad SMARTS) is 2. The highest BCUT2D eigenvalue weighted by atomic mass is 35.5. The standard InChI is InChI=1S/C30H29ClN8O2.2C2HF3O2/c31-25-17-33-29-35-24-12-19(15-32-16-24)6-7-21-14-23(34-28(25)38-29)8-9-26(21)37-27(40)13-20-10-11-39(18-20)30(41)36-22-4-2-1-3-5-22;2*3-2(4,5)1(6)7/h1-5,8-9,12,14-17,20H,6-7,10-11,13,18H2,(H,36,41)(H,37,40)(H2,33,34,35,38);2*(H,6,7)/t20-;;/m0../s1. The average Bonchev–Trinajstić information content (AvgIpc) is 3.58. The van der Waals surface area contributed by atoms with Crippen molar-refractivity contribution in [1.82, 2.24) is 19.9 Å². The van der Waals surface area contributed by atoms with Gasteiger partial charge in [0.05, 0.1) is 18.1 Å². The lowest BCUT2D eigenvalue weighted by atomic mass is 10.0. The number of aryl methyl sites for hydroxylation is 2. The van der Waals surface area contributed by atoms with E-state index < -0.39 is 24.3 Å². The fraction of sp³-hybridized carbons (Fsp3) is 0.265. The molecule has 14 nitrogen and oxygen atoms in total. The van der Waals surface area contributed by atoms with Crippen LogP contribution in [0.25, 0.3) is 0 Å². The number of amides is 3. The number of carboxylic acids is 2. The number of alkyl halides is 6. The number of nitrogens with zero attached hydrogens (tertiary/aromatic N) is 4. The molecule has 0 radical (unpaired) electrons. The molecule has 55 heavy (non-hydrogen) atoms.